The molecule has 0 amide bonds. The van der Waals surface area contributed by atoms with Gasteiger partial charge in [0.25, 0.3) is 0 Å². The summed E-state index contributed by atoms with van der Waals surface area (Å²) >= 11 is 0. The van der Waals surface area contributed by atoms with E-state index in [2.05, 4.69) is 16.0 Å². The van der Waals surface area contributed by atoms with Gasteiger partial charge in [0.2, 0.25) is 0 Å². The minimum atomic E-state index is -5.33. The molecule has 0 aliphatic rings. The van der Waals surface area contributed by atoms with E-state index in [4.69, 9.17) is 0 Å². The number of hydrogen-bond donors (Lipinski definition) is 1. The molecule has 0 saturated heterocycles. The number of aliphatic carboxylic acids is 1. The molecular weight excluding hydrogens is 602 g/mol. The average Bonchev–Trinajstić information content (AvgIpc) is 2.68. The third-order valence-electron chi connectivity index (χ3n) is 4.51. The predicted molar refractivity (Wildman–Crippen MR) is 97.3 cm³/mol. The standard InChI is InChI=1S/C21H14F5N2O2.Pt/c1-20(2,19(29)30)15-8-5-7-14(28-15)12-10-11(13-6-3-4-9-27-13)17(22)16(18(12)23)21(24,25)26;/h3-9H,1-2H3,(H,29,30);/q-1;. The Kier molecular flexibility index (Phi) is 7.00. The van der Waals surface area contributed by atoms with Crippen molar-refractivity contribution >= 4 is 5.97 Å². The van der Waals surface area contributed by atoms with Crippen LogP contribution in [0.4, 0.5) is 22.0 Å². The summed E-state index contributed by atoms with van der Waals surface area (Å²) in [5.74, 6) is -4.97. The van der Waals surface area contributed by atoms with Crippen LogP contribution in [-0.2, 0) is 37.5 Å². The molecule has 0 spiro atoms. The molecule has 0 radical (unpaired) electrons. The number of halogens is 5. The normalized spacial score (nSPS) is 11.7. The third-order valence-corrected chi connectivity index (χ3v) is 4.51. The zero-order chi connectivity index (χ0) is 22.3. The van der Waals surface area contributed by atoms with Crippen LogP contribution >= 0.6 is 0 Å². The molecule has 0 aliphatic heterocycles. The summed E-state index contributed by atoms with van der Waals surface area (Å²) < 4.78 is 69.9. The van der Waals surface area contributed by atoms with Crippen molar-refractivity contribution in [3.63, 3.8) is 0 Å². The number of carboxylic acid groups (broad SMARTS) is 1. The van der Waals surface area contributed by atoms with Gasteiger partial charge < -0.3 is 5.11 Å². The first kappa shape index (κ1) is 24.6. The fourth-order valence-corrected chi connectivity index (χ4v) is 2.73. The number of pyridine rings is 2. The molecule has 31 heavy (non-hydrogen) atoms. The average molecular weight is 616 g/mol. The molecular formula is C21H14F5N2O2Pt-. The van der Waals surface area contributed by atoms with Gasteiger partial charge in [-0.2, -0.15) is 13.2 Å². The molecule has 0 aliphatic carbocycles. The van der Waals surface area contributed by atoms with Crippen molar-refractivity contribution in [1.29, 1.82) is 0 Å². The molecule has 1 aromatic carbocycles. The number of nitrogens with zero attached hydrogens (tertiary/aromatic N) is 2. The molecule has 0 bridgehead atoms. The van der Waals surface area contributed by atoms with Crippen LogP contribution in [-0.4, -0.2) is 21.0 Å². The first-order valence-corrected chi connectivity index (χ1v) is 8.58. The van der Waals surface area contributed by atoms with Crippen molar-refractivity contribution in [3.05, 3.63) is 71.6 Å². The van der Waals surface area contributed by atoms with Gasteiger partial charge in [-0.15, -0.1) is 6.07 Å². The van der Waals surface area contributed by atoms with Crippen LogP contribution in [0.15, 0.2) is 42.6 Å². The first-order valence-electron chi connectivity index (χ1n) is 8.58. The second kappa shape index (κ2) is 8.83. The van der Waals surface area contributed by atoms with E-state index >= 15 is 0 Å². The smallest absolute Gasteiger partial charge is 0.408 e. The van der Waals surface area contributed by atoms with Gasteiger partial charge in [-0.05, 0) is 26.0 Å². The van der Waals surface area contributed by atoms with Crippen molar-refractivity contribution in [2.45, 2.75) is 25.4 Å². The summed E-state index contributed by atoms with van der Waals surface area (Å²) in [6.45, 7) is 2.68. The first-order chi connectivity index (χ1) is 13.9. The molecule has 166 valence electrons. The second-order valence-electron chi connectivity index (χ2n) is 6.93. The van der Waals surface area contributed by atoms with Gasteiger partial charge in [0.1, 0.15) is 5.41 Å². The van der Waals surface area contributed by atoms with Gasteiger partial charge in [-0.25, -0.2) is 0 Å². The Balaban J connectivity index is 0.00000341. The summed E-state index contributed by atoms with van der Waals surface area (Å²) in [4.78, 5) is 19.3. The summed E-state index contributed by atoms with van der Waals surface area (Å²) in [6, 6.07) is 10.3. The fourth-order valence-electron chi connectivity index (χ4n) is 2.73. The van der Waals surface area contributed by atoms with E-state index in [1.807, 2.05) is 0 Å². The minimum Gasteiger partial charge on any atom is -0.481 e. The predicted octanol–water partition coefficient (Wildman–Crippen LogP) is 5.27. The van der Waals surface area contributed by atoms with Crippen molar-refractivity contribution in [2.75, 3.05) is 0 Å². The van der Waals surface area contributed by atoms with Gasteiger partial charge >= 0.3 is 12.1 Å². The maximum absolute atomic E-state index is 14.8. The summed E-state index contributed by atoms with van der Waals surface area (Å²) in [6.07, 6.45) is -4.09. The van der Waals surface area contributed by atoms with Crippen LogP contribution in [0.1, 0.15) is 25.1 Å². The van der Waals surface area contributed by atoms with E-state index in [9.17, 15) is 31.9 Å². The number of hydrogen-bond acceptors (Lipinski definition) is 3. The summed E-state index contributed by atoms with van der Waals surface area (Å²) in [5.41, 5.74) is -5.52. The van der Waals surface area contributed by atoms with E-state index in [1.165, 1.54) is 56.4 Å². The number of alkyl halides is 3. The molecule has 4 nitrogen and oxygen atoms in total. The van der Waals surface area contributed by atoms with Gasteiger partial charge in [0, 0.05) is 44.3 Å². The minimum absolute atomic E-state index is 0. The molecule has 0 fully saturated rings. The van der Waals surface area contributed by atoms with Crippen molar-refractivity contribution in [3.8, 4) is 22.5 Å². The van der Waals surface area contributed by atoms with Gasteiger partial charge in [-0.1, -0.05) is 35.4 Å². The third kappa shape index (κ3) is 4.66. The van der Waals surface area contributed by atoms with E-state index in [0.29, 0.717) is 0 Å². The van der Waals surface area contributed by atoms with Gasteiger partial charge in [0.15, 0.2) is 0 Å². The van der Waals surface area contributed by atoms with E-state index in [0.717, 1.165) is 0 Å². The summed E-state index contributed by atoms with van der Waals surface area (Å²) in [5, 5.41) is 9.36. The number of benzene rings is 1. The van der Waals surface area contributed by atoms with Crippen LogP contribution < -0.4 is 0 Å². The zero-order valence-corrected chi connectivity index (χ0v) is 18.3. The Morgan fingerprint density at radius 1 is 0.968 bits per heavy atom. The monoisotopic (exact) mass is 616 g/mol. The Morgan fingerprint density at radius 2 is 1.55 bits per heavy atom. The maximum atomic E-state index is 14.8. The summed E-state index contributed by atoms with van der Waals surface area (Å²) in [7, 11) is 0. The Labute approximate surface area is 188 Å². The van der Waals surface area contributed by atoms with Crippen molar-refractivity contribution < 1.29 is 52.9 Å². The number of rotatable bonds is 4. The molecule has 3 aromatic rings. The number of aromatic nitrogens is 2. The Bertz CT molecular complexity index is 1120. The zero-order valence-electron chi connectivity index (χ0n) is 16.0. The van der Waals surface area contributed by atoms with Gasteiger partial charge in [-0.3, -0.25) is 23.5 Å². The molecule has 0 atom stereocenters. The largest absolute Gasteiger partial charge is 0.481 e. The van der Waals surface area contributed by atoms with E-state index in [-0.39, 0.29) is 38.1 Å². The van der Waals surface area contributed by atoms with Crippen LogP contribution in [0.25, 0.3) is 22.5 Å². The molecule has 2 heterocycles. The molecule has 0 unspecified atom stereocenters. The van der Waals surface area contributed by atoms with Crippen molar-refractivity contribution in [1.82, 2.24) is 9.97 Å². The maximum Gasteiger partial charge on any atom is 0.408 e. The van der Waals surface area contributed by atoms with Crippen LogP contribution in [0.3, 0.4) is 0 Å². The Morgan fingerprint density at radius 3 is 2.06 bits per heavy atom. The molecule has 3 rings (SSSR count). The van der Waals surface area contributed by atoms with Gasteiger partial charge in [0.05, 0.1) is 17.2 Å². The SMILES string of the molecule is CC(C)(C(=O)O)c1cccc(-c2[c-]c(-c3ccccn3)c(F)c(C(F)(F)F)c2F)n1.[Pt]. The molecule has 10 heteroatoms. The van der Waals surface area contributed by atoms with E-state index in [1.54, 1.807) is 0 Å². The second-order valence-corrected chi connectivity index (χ2v) is 6.93. The number of carbonyl (C=O) groups is 1. The molecule has 2 aromatic heterocycles. The fraction of sp³-hybridized carbons (Fsp3) is 0.190. The van der Waals surface area contributed by atoms with Crippen LogP contribution in [0.2, 0.25) is 0 Å². The number of carboxylic acids is 1. The molecule has 0 saturated carbocycles. The van der Waals surface area contributed by atoms with Crippen LogP contribution in [0, 0.1) is 17.7 Å². The van der Waals surface area contributed by atoms with Crippen molar-refractivity contribution in [2.24, 2.45) is 0 Å². The van der Waals surface area contributed by atoms with E-state index < -0.39 is 45.9 Å². The quantitative estimate of drug-likeness (QED) is 0.321. The topological polar surface area (TPSA) is 63.1 Å². The Hall–Kier alpha value is -2.67. The van der Waals surface area contributed by atoms with Crippen LogP contribution in [0.5, 0.6) is 0 Å². The molecule has 1 N–H and O–H groups in total.